The minimum absolute atomic E-state index is 0.0619. The van der Waals surface area contributed by atoms with E-state index in [4.69, 9.17) is 0 Å². The lowest BCUT2D eigenvalue weighted by Gasteiger charge is -2.13. The number of carboxylic acid groups (broad SMARTS) is 1. The van der Waals surface area contributed by atoms with Crippen molar-refractivity contribution in [2.24, 2.45) is 0 Å². The third-order valence-corrected chi connectivity index (χ3v) is 7.48. The second-order valence-electron chi connectivity index (χ2n) is 5.77. The number of benzene rings is 1. The molecule has 1 saturated heterocycles. The van der Waals surface area contributed by atoms with Crippen LogP contribution in [0.1, 0.15) is 23.3 Å². The van der Waals surface area contributed by atoms with Gasteiger partial charge in [0, 0.05) is 18.0 Å². The summed E-state index contributed by atoms with van der Waals surface area (Å²) in [7, 11) is -3.64. The molecule has 1 N–H and O–H groups in total. The molecule has 2 aromatic rings. The predicted octanol–water partition coefficient (Wildman–Crippen LogP) is 3.44. The normalized spacial score (nSPS) is 16.2. The first-order valence-corrected chi connectivity index (χ1v) is 10.0. The van der Waals surface area contributed by atoms with Gasteiger partial charge in [-0.3, -0.25) is 0 Å². The van der Waals surface area contributed by atoms with Crippen LogP contribution in [0, 0.1) is 11.6 Å². The molecule has 0 aliphatic carbocycles. The summed E-state index contributed by atoms with van der Waals surface area (Å²) in [5, 5.41) is 9.45. The van der Waals surface area contributed by atoms with Crippen LogP contribution in [-0.2, 0) is 14.8 Å². The monoisotopic (exact) mass is 399 g/mol. The highest BCUT2D eigenvalue weighted by molar-refractivity contribution is 7.91. The average Bonchev–Trinajstić information content (AvgIpc) is 3.27. The van der Waals surface area contributed by atoms with E-state index in [9.17, 15) is 27.1 Å². The zero-order chi connectivity index (χ0) is 18.9. The zero-order valence-corrected chi connectivity index (χ0v) is 15.1. The summed E-state index contributed by atoms with van der Waals surface area (Å²) in [6.45, 7) is 0.901. The second kappa shape index (κ2) is 7.26. The summed E-state index contributed by atoms with van der Waals surface area (Å²) in [5.41, 5.74) is -0.0254. The summed E-state index contributed by atoms with van der Waals surface area (Å²) >= 11 is 0.843. The fourth-order valence-corrected chi connectivity index (χ4v) is 5.65. The average molecular weight is 399 g/mol. The number of hydrogen-bond acceptors (Lipinski definition) is 4. The molecular weight excluding hydrogens is 384 g/mol. The molecule has 1 aliphatic heterocycles. The number of rotatable bonds is 5. The van der Waals surface area contributed by atoms with E-state index in [1.54, 1.807) is 0 Å². The molecule has 26 heavy (non-hydrogen) atoms. The van der Waals surface area contributed by atoms with Gasteiger partial charge in [-0.15, -0.1) is 11.3 Å². The summed E-state index contributed by atoms with van der Waals surface area (Å²) in [4.78, 5) is 11.8. The predicted molar refractivity (Wildman–Crippen MR) is 94.2 cm³/mol. The zero-order valence-electron chi connectivity index (χ0n) is 13.5. The van der Waals surface area contributed by atoms with Gasteiger partial charge in [-0.05, 0) is 48.7 Å². The SMILES string of the molecule is O=C(O)/C(=C\c1ccc(F)c(F)c1)c1ccc(S(=O)(=O)N2CCCC2)s1. The molecule has 1 aliphatic rings. The fourth-order valence-electron chi connectivity index (χ4n) is 2.67. The highest BCUT2D eigenvalue weighted by atomic mass is 32.2. The van der Waals surface area contributed by atoms with Gasteiger partial charge in [-0.2, -0.15) is 4.31 Å². The van der Waals surface area contributed by atoms with Crippen molar-refractivity contribution >= 4 is 39.0 Å². The van der Waals surface area contributed by atoms with Crippen molar-refractivity contribution in [1.29, 1.82) is 0 Å². The van der Waals surface area contributed by atoms with E-state index >= 15 is 0 Å². The maximum absolute atomic E-state index is 13.3. The highest BCUT2D eigenvalue weighted by Gasteiger charge is 2.29. The van der Waals surface area contributed by atoms with E-state index in [-0.39, 0.29) is 20.2 Å². The van der Waals surface area contributed by atoms with Crippen molar-refractivity contribution in [2.75, 3.05) is 13.1 Å². The van der Waals surface area contributed by atoms with Crippen LogP contribution >= 0.6 is 11.3 Å². The van der Waals surface area contributed by atoms with Crippen molar-refractivity contribution in [3.63, 3.8) is 0 Å². The first-order chi connectivity index (χ1) is 12.3. The number of aliphatic carboxylic acids is 1. The van der Waals surface area contributed by atoms with E-state index in [0.717, 1.165) is 36.3 Å². The molecule has 2 heterocycles. The van der Waals surface area contributed by atoms with Crippen molar-refractivity contribution in [2.45, 2.75) is 17.1 Å². The number of hydrogen-bond donors (Lipinski definition) is 1. The van der Waals surface area contributed by atoms with E-state index in [1.807, 2.05) is 0 Å². The van der Waals surface area contributed by atoms with Crippen LogP contribution in [0.4, 0.5) is 8.78 Å². The Morgan fingerprint density at radius 1 is 1.12 bits per heavy atom. The Bertz CT molecular complexity index is 976. The molecule has 138 valence electrons. The minimum Gasteiger partial charge on any atom is -0.478 e. The highest BCUT2D eigenvalue weighted by Crippen LogP contribution is 2.32. The topological polar surface area (TPSA) is 74.7 Å². The molecule has 1 aromatic carbocycles. The Balaban J connectivity index is 1.97. The van der Waals surface area contributed by atoms with Crippen LogP contribution in [0.25, 0.3) is 11.6 Å². The first-order valence-electron chi connectivity index (χ1n) is 7.79. The molecule has 0 radical (unpaired) electrons. The third kappa shape index (κ3) is 3.69. The van der Waals surface area contributed by atoms with Gasteiger partial charge in [-0.1, -0.05) is 6.07 Å². The first kappa shape index (κ1) is 18.7. The third-order valence-electron chi connectivity index (χ3n) is 3.99. The van der Waals surface area contributed by atoms with Gasteiger partial charge in [0.05, 0.1) is 5.57 Å². The van der Waals surface area contributed by atoms with Crippen molar-refractivity contribution in [3.05, 3.63) is 52.4 Å². The van der Waals surface area contributed by atoms with Crippen LogP contribution in [0.3, 0.4) is 0 Å². The van der Waals surface area contributed by atoms with Crippen LogP contribution < -0.4 is 0 Å². The Morgan fingerprint density at radius 3 is 2.42 bits per heavy atom. The quantitative estimate of drug-likeness (QED) is 0.782. The summed E-state index contributed by atoms with van der Waals surface area (Å²) in [6.07, 6.45) is 2.78. The van der Waals surface area contributed by atoms with Crippen molar-refractivity contribution in [3.8, 4) is 0 Å². The Morgan fingerprint density at radius 2 is 1.81 bits per heavy atom. The van der Waals surface area contributed by atoms with E-state index in [2.05, 4.69) is 0 Å². The molecule has 9 heteroatoms. The van der Waals surface area contributed by atoms with Gasteiger partial charge >= 0.3 is 5.97 Å². The second-order valence-corrected chi connectivity index (χ2v) is 9.02. The summed E-state index contributed by atoms with van der Waals surface area (Å²) in [5.74, 6) is -3.41. The maximum atomic E-state index is 13.3. The molecule has 0 unspecified atom stereocenters. The van der Waals surface area contributed by atoms with Gasteiger partial charge in [0.2, 0.25) is 0 Å². The lowest BCUT2D eigenvalue weighted by molar-refractivity contribution is -0.130. The molecule has 0 atom stereocenters. The Kier molecular flexibility index (Phi) is 5.22. The number of carboxylic acids is 1. The number of thiophene rings is 1. The van der Waals surface area contributed by atoms with Crippen molar-refractivity contribution < 1.29 is 27.1 Å². The maximum Gasteiger partial charge on any atom is 0.337 e. The Labute approximate surface area is 153 Å². The van der Waals surface area contributed by atoms with Gasteiger partial charge in [0.15, 0.2) is 11.6 Å². The summed E-state index contributed by atoms with van der Waals surface area (Å²) in [6, 6.07) is 5.81. The molecule has 3 rings (SSSR count). The minimum atomic E-state index is -3.64. The largest absolute Gasteiger partial charge is 0.478 e. The van der Waals surface area contributed by atoms with E-state index < -0.39 is 27.6 Å². The molecule has 1 fully saturated rings. The number of sulfonamides is 1. The lowest BCUT2D eigenvalue weighted by atomic mass is 10.1. The van der Waals surface area contributed by atoms with Gasteiger partial charge in [0.1, 0.15) is 4.21 Å². The van der Waals surface area contributed by atoms with Crippen LogP contribution in [0.5, 0.6) is 0 Å². The molecule has 1 aromatic heterocycles. The molecule has 0 saturated carbocycles. The number of halogens is 2. The molecule has 5 nitrogen and oxygen atoms in total. The van der Waals surface area contributed by atoms with Crippen LogP contribution in [-0.4, -0.2) is 36.9 Å². The molecule has 0 bridgehead atoms. The molecular formula is C17H15F2NO4S2. The van der Waals surface area contributed by atoms with Gasteiger partial charge in [0.25, 0.3) is 10.0 Å². The standard InChI is InChI=1S/C17H15F2NO4S2/c18-13-4-3-11(10-14(13)19)9-12(17(21)22)15-5-6-16(25-15)26(23,24)20-7-1-2-8-20/h3-6,9-10H,1-2,7-8H2,(H,21,22)/b12-9-. The number of carbonyl (C=O) groups is 1. The smallest absolute Gasteiger partial charge is 0.337 e. The molecule has 0 spiro atoms. The van der Waals surface area contributed by atoms with E-state index in [0.29, 0.717) is 13.1 Å². The Hall–Kier alpha value is -2.10. The van der Waals surface area contributed by atoms with Crippen LogP contribution in [0.15, 0.2) is 34.5 Å². The van der Waals surface area contributed by atoms with Gasteiger partial charge in [-0.25, -0.2) is 22.0 Å². The van der Waals surface area contributed by atoms with E-state index in [1.165, 1.54) is 28.6 Å². The van der Waals surface area contributed by atoms with Crippen LogP contribution in [0.2, 0.25) is 0 Å². The number of nitrogens with zero attached hydrogens (tertiary/aromatic N) is 1. The molecule has 0 amide bonds. The fraction of sp³-hybridized carbons (Fsp3) is 0.235. The van der Waals surface area contributed by atoms with Crippen molar-refractivity contribution in [1.82, 2.24) is 4.31 Å². The summed E-state index contributed by atoms with van der Waals surface area (Å²) < 4.78 is 52.9. The lowest BCUT2D eigenvalue weighted by Crippen LogP contribution is -2.27. The van der Waals surface area contributed by atoms with Gasteiger partial charge < -0.3 is 5.11 Å².